The molecule has 2 aromatic carbocycles. The van der Waals surface area contributed by atoms with Crippen molar-refractivity contribution in [3.63, 3.8) is 0 Å². The number of aryl methyl sites for hydroxylation is 1. The number of fused-ring (bicyclic) bond motifs is 1. The van der Waals surface area contributed by atoms with E-state index in [4.69, 9.17) is 21.8 Å². The summed E-state index contributed by atoms with van der Waals surface area (Å²) in [5.41, 5.74) is 7.60. The second kappa shape index (κ2) is 5.13. The molecule has 0 amide bonds. The number of benzene rings is 2. The zero-order valence-electron chi connectivity index (χ0n) is 11.2. The van der Waals surface area contributed by atoms with E-state index < -0.39 is 11.9 Å². The lowest BCUT2D eigenvalue weighted by Gasteiger charge is -2.11. The molecule has 1 heterocycles. The molecule has 108 valence electrons. The van der Waals surface area contributed by atoms with Crippen LogP contribution in [0.3, 0.4) is 0 Å². The molecule has 0 aliphatic rings. The van der Waals surface area contributed by atoms with Gasteiger partial charge in [-0.15, -0.1) is 0 Å². The van der Waals surface area contributed by atoms with Crippen LogP contribution in [0, 0.1) is 18.6 Å². The van der Waals surface area contributed by atoms with Crippen molar-refractivity contribution in [1.29, 1.82) is 0 Å². The van der Waals surface area contributed by atoms with Gasteiger partial charge < -0.3 is 10.2 Å². The van der Waals surface area contributed by atoms with E-state index in [1.807, 2.05) is 0 Å². The zero-order valence-corrected chi connectivity index (χ0v) is 11.9. The van der Waals surface area contributed by atoms with Gasteiger partial charge >= 0.3 is 0 Å². The summed E-state index contributed by atoms with van der Waals surface area (Å²) in [5.74, 6) is -0.443. The Morgan fingerprint density at radius 1 is 1.14 bits per heavy atom. The molecule has 0 fully saturated rings. The van der Waals surface area contributed by atoms with E-state index in [2.05, 4.69) is 0 Å². The number of furan rings is 1. The molecule has 0 radical (unpaired) electrons. The molecule has 1 unspecified atom stereocenters. The summed E-state index contributed by atoms with van der Waals surface area (Å²) >= 11 is 5.73. The fourth-order valence-corrected chi connectivity index (χ4v) is 2.56. The summed E-state index contributed by atoms with van der Waals surface area (Å²) in [6.45, 7) is 1.77. The van der Waals surface area contributed by atoms with Crippen LogP contribution in [0.4, 0.5) is 8.78 Å². The van der Waals surface area contributed by atoms with Crippen molar-refractivity contribution in [3.8, 4) is 0 Å². The first-order valence-corrected chi connectivity index (χ1v) is 6.74. The topological polar surface area (TPSA) is 39.2 Å². The molecule has 0 saturated carbocycles. The Bertz CT molecular complexity index is 829. The Hall–Kier alpha value is -1.91. The van der Waals surface area contributed by atoms with E-state index in [-0.39, 0.29) is 11.4 Å². The van der Waals surface area contributed by atoms with E-state index in [0.717, 1.165) is 0 Å². The maximum absolute atomic E-state index is 14.0. The first-order valence-electron chi connectivity index (χ1n) is 6.36. The maximum Gasteiger partial charge on any atom is 0.134 e. The van der Waals surface area contributed by atoms with Crippen LogP contribution in [0.2, 0.25) is 5.02 Å². The number of hydrogen-bond donors (Lipinski definition) is 1. The van der Waals surface area contributed by atoms with Crippen LogP contribution in [-0.2, 0) is 0 Å². The van der Waals surface area contributed by atoms with Gasteiger partial charge in [0, 0.05) is 21.5 Å². The summed E-state index contributed by atoms with van der Waals surface area (Å²) in [6, 6.07) is 7.73. The van der Waals surface area contributed by atoms with E-state index in [9.17, 15) is 8.78 Å². The van der Waals surface area contributed by atoms with Crippen LogP contribution in [0.15, 0.2) is 40.8 Å². The monoisotopic (exact) mass is 307 g/mol. The van der Waals surface area contributed by atoms with Gasteiger partial charge in [-0.3, -0.25) is 0 Å². The highest BCUT2D eigenvalue weighted by Gasteiger charge is 2.21. The summed E-state index contributed by atoms with van der Waals surface area (Å²) in [4.78, 5) is 0. The lowest BCUT2D eigenvalue weighted by molar-refractivity contribution is 0.506. The van der Waals surface area contributed by atoms with Crippen LogP contribution in [0.5, 0.6) is 0 Å². The molecule has 0 saturated heterocycles. The Morgan fingerprint density at radius 2 is 1.90 bits per heavy atom. The molecule has 0 aliphatic carbocycles. The molecule has 2 nitrogen and oxygen atoms in total. The van der Waals surface area contributed by atoms with Gasteiger partial charge in [-0.1, -0.05) is 17.7 Å². The molecule has 1 aromatic heterocycles. The number of rotatable bonds is 2. The molecule has 2 N–H and O–H groups in total. The Balaban J connectivity index is 2.13. The van der Waals surface area contributed by atoms with Crippen LogP contribution in [-0.4, -0.2) is 0 Å². The molecule has 0 bridgehead atoms. The minimum atomic E-state index is -0.780. The third kappa shape index (κ3) is 2.41. The van der Waals surface area contributed by atoms with Crippen LogP contribution in [0.1, 0.15) is 22.9 Å². The Morgan fingerprint density at radius 3 is 2.62 bits per heavy atom. The number of halogens is 3. The largest absolute Gasteiger partial charge is 0.459 e. The Labute approximate surface area is 125 Å². The zero-order chi connectivity index (χ0) is 15.1. The average Bonchev–Trinajstić information content (AvgIpc) is 2.75. The van der Waals surface area contributed by atoms with Gasteiger partial charge in [-0.25, -0.2) is 8.78 Å². The second-order valence-corrected chi connectivity index (χ2v) is 5.31. The Kier molecular flexibility index (Phi) is 3.43. The SMILES string of the molecule is Cc1c(C(N)c2ccc(Cl)cc2F)oc2ccc(F)cc12. The minimum Gasteiger partial charge on any atom is -0.459 e. The van der Waals surface area contributed by atoms with Crippen molar-refractivity contribution < 1.29 is 13.2 Å². The molecule has 3 aromatic rings. The highest BCUT2D eigenvalue weighted by Crippen LogP contribution is 2.33. The molecule has 21 heavy (non-hydrogen) atoms. The molecule has 5 heteroatoms. The predicted molar refractivity (Wildman–Crippen MR) is 78.3 cm³/mol. The predicted octanol–water partition coefficient (Wildman–Crippen LogP) is 4.72. The van der Waals surface area contributed by atoms with Gasteiger partial charge in [0.2, 0.25) is 0 Å². The standard InChI is InChI=1S/C16H12ClF2NO/c1-8-12-7-10(18)3-5-14(12)21-16(8)15(20)11-4-2-9(17)6-13(11)19/h2-7,15H,20H2,1H3. The summed E-state index contributed by atoms with van der Waals surface area (Å²) in [7, 11) is 0. The van der Waals surface area contributed by atoms with E-state index >= 15 is 0 Å². The van der Waals surface area contributed by atoms with E-state index in [1.54, 1.807) is 13.0 Å². The fourth-order valence-electron chi connectivity index (χ4n) is 2.40. The number of hydrogen-bond acceptors (Lipinski definition) is 2. The molecular weight excluding hydrogens is 296 g/mol. The molecule has 1 atom stereocenters. The molecule has 0 spiro atoms. The summed E-state index contributed by atoms with van der Waals surface area (Å²) in [6.07, 6.45) is 0. The smallest absolute Gasteiger partial charge is 0.134 e. The summed E-state index contributed by atoms with van der Waals surface area (Å²) in [5, 5.41) is 0.932. The van der Waals surface area contributed by atoms with E-state index in [0.29, 0.717) is 27.3 Å². The fraction of sp³-hybridized carbons (Fsp3) is 0.125. The van der Waals surface area contributed by atoms with Crippen molar-refractivity contribution >= 4 is 22.6 Å². The van der Waals surface area contributed by atoms with Gasteiger partial charge in [0.1, 0.15) is 23.0 Å². The molecule has 3 rings (SSSR count). The van der Waals surface area contributed by atoms with Crippen molar-refractivity contribution in [3.05, 3.63) is 69.9 Å². The highest BCUT2D eigenvalue weighted by atomic mass is 35.5. The normalized spacial score (nSPS) is 12.8. The maximum atomic E-state index is 14.0. The lowest BCUT2D eigenvalue weighted by atomic mass is 10.0. The van der Waals surface area contributed by atoms with Gasteiger partial charge in [0.05, 0.1) is 6.04 Å². The molecular formula is C16H12ClF2NO. The lowest BCUT2D eigenvalue weighted by Crippen LogP contribution is -2.13. The van der Waals surface area contributed by atoms with Crippen LogP contribution in [0.25, 0.3) is 11.0 Å². The third-order valence-electron chi connectivity index (χ3n) is 3.52. The van der Waals surface area contributed by atoms with Gasteiger partial charge in [-0.2, -0.15) is 0 Å². The second-order valence-electron chi connectivity index (χ2n) is 4.88. The van der Waals surface area contributed by atoms with Crippen molar-refractivity contribution in [2.75, 3.05) is 0 Å². The van der Waals surface area contributed by atoms with Gasteiger partial charge in [0.15, 0.2) is 0 Å². The van der Waals surface area contributed by atoms with Crippen molar-refractivity contribution in [2.24, 2.45) is 5.73 Å². The van der Waals surface area contributed by atoms with E-state index in [1.165, 1.54) is 30.3 Å². The van der Waals surface area contributed by atoms with Gasteiger partial charge in [0.25, 0.3) is 0 Å². The molecule has 0 aliphatic heterocycles. The first kappa shape index (κ1) is 14.0. The van der Waals surface area contributed by atoms with Crippen molar-refractivity contribution in [1.82, 2.24) is 0 Å². The van der Waals surface area contributed by atoms with Crippen molar-refractivity contribution in [2.45, 2.75) is 13.0 Å². The van der Waals surface area contributed by atoms with Crippen LogP contribution < -0.4 is 5.73 Å². The third-order valence-corrected chi connectivity index (χ3v) is 3.75. The summed E-state index contributed by atoms with van der Waals surface area (Å²) < 4.78 is 32.9. The highest BCUT2D eigenvalue weighted by molar-refractivity contribution is 6.30. The average molecular weight is 308 g/mol. The quantitative estimate of drug-likeness (QED) is 0.744. The first-order chi connectivity index (χ1) is 9.97. The minimum absolute atomic E-state index is 0.280. The number of nitrogens with two attached hydrogens (primary N) is 1. The van der Waals surface area contributed by atoms with Crippen LogP contribution >= 0.6 is 11.6 Å². The van der Waals surface area contributed by atoms with Gasteiger partial charge in [-0.05, 0) is 37.3 Å².